The molecule has 4 N–H and O–H groups in total. The number of carboxylic acid groups (broad SMARTS) is 1. The third-order valence-corrected chi connectivity index (χ3v) is 9.15. The average Bonchev–Trinajstić information content (AvgIpc) is 3.48. The lowest BCUT2D eigenvalue weighted by Crippen LogP contribution is -2.56. The lowest BCUT2D eigenvalue weighted by Gasteiger charge is -2.32. The Morgan fingerprint density at radius 3 is 2.13 bits per heavy atom. The van der Waals surface area contributed by atoms with Gasteiger partial charge in [-0.3, -0.25) is 14.4 Å². The second-order valence-corrected chi connectivity index (χ2v) is 13.6. The summed E-state index contributed by atoms with van der Waals surface area (Å²) < 4.78 is 80.6. The molecule has 2 aromatic carbocycles. The number of amides is 4. The minimum Gasteiger partial charge on any atom is -0.465 e. The minimum atomic E-state index is -5.09. The summed E-state index contributed by atoms with van der Waals surface area (Å²) >= 11 is 0. The molecule has 0 aliphatic carbocycles. The van der Waals surface area contributed by atoms with Crippen LogP contribution in [0, 0.1) is 23.5 Å². The van der Waals surface area contributed by atoms with E-state index >= 15 is 8.78 Å². The lowest BCUT2D eigenvalue weighted by molar-refractivity contribution is -0.274. The van der Waals surface area contributed by atoms with Crippen LogP contribution in [-0.4, -0.2) is 83.6 Å². The number of aromatic nitrogens is 1. The summed E-state index contributed by atoms with van der Waals surface area (Å²) in [6.07, 6.45) is -4.56. The van der Waals surface area contributed by atoms with Crippen LogP contribution in [0.15, 0.2) is 36.5 Å². The monoisotopic (exact) mass is 753 g/mol. The Morgan fingerprint density at radius 1 is 0.925 bits per heavy atom. The molecule has 4 rings (SSSR count). The highest BCUT2D eigenvalue weighted by molar-refractivity contribution is 6.09. The van der Waals surface area contributed by atoms with Crippen LogP contribution in [-0.2, 0) is 27.4 Å². The van der Waals surface area contributed by atoms with Gasteiger partial charge < -0.3 is 40.0 Å². The summed E-state index contributed by atoms with van der Waals surface area (Å²) in [6, 6.07) is 3.99. The first kappa shape index (κ1) is 40.8. The molecule has 53 heavy (non-hydrogen) atoms. The fraction of sp³-hybridized carbons (Fsp3) is 0.500. The van der Waals surface area contributed by atoms with Crippen LogP contribution in [0.5, 0.6) is 5.75 Å². The standard InChI is InChI=1S/C36H44F5N5O7/c1-19(2)29(43-33(48)30(20(3)4)44-35(50)51)32(47)42-17-21-6-7-25(37)23(16-21)22-10-12-45(13-11-22)34(49)24-18-46(14-15-52-5)31-26(38)8-9-27(28(24)31)53-36(39,40)41/h6-9,16,18-20,22,29-30,44H,10-15,17H2,1-5H3,(H,42,47)(H,43,48)(H,50,51)/t29-,30-/m0/s1. The second-order valence-electron chi connectivity index (χ2n) is 13.6. The van der Waals surface area contributed by atoms with Crippen molar-refractivity contribution in [2.75, 3.05) is 26.8 Å². The van der Waals surface area contributed by atoms with Crippen molar-refractivity contribution in [1.29, 1.82) is 0 Å². The topological polar surface area (TPSA) is 151 Å². The van der Waals surface area contributed by atoms with Gasteiger partial charge in [0.05, 0.1) is 23.1 Å². The molecule has 0 spiro atoms. The molecule has 0 unspecified atom stereocenters. The Labute approximate surface area is 303 Å². The first-order valence-electron chi connectivity index (χ1n) is 17.1. The summed E-state index contributed by atoms with van der Waals surface area (Å²) in [4.78, 5) is 52.4. The Hall–Kier alpha value is -4.93. The maximum atomic E-state index is 15.2. The van der Waals surface area contributed by atoms with E-state index in [1.807, 2.05) is 0 Å². The summed E-state index contributed by atoms with van der Waals surface area (Å²) in [5, 5.41) is 16.3. The number of rotatable bonds is 14. The largest absolute Gasteiger partial charge is 0.573 e. The molecule has 1 saturated heterocycles. The highest BCUT2D eigenvalue weighted by Gasteiger charge is 2.35. The predicted molar refractivity (Wildman–Crippen MR) is 183 cm³/mol. The van der Waals surface area contributed by atoms with Crippen LogP contribution in [0.4, 0.5) is 26.7 Å². The van der Waals surface area contributed by atoms with E-state index in [1.54, 1.807) is 33.8 Å². The zero-order valence-corrected chi connectivity index (χ0v) is 30.0. The summed E-state index contributed by atoms with van der Waals surface area (Å²) in [5.74, 6) is -4.92. The summed E-state index contributed by atoms with van der Waals surface area (Å²) in [5.41, 5.74) is 0.519. The van der Waals surface area contributed by atoms with Crippen molar-refractivity contribution in [2.24, 2.45) is 11.8 Å². The van der Waals surface area contributed by atoms with E-state index in [-0.39, 0.29) is 67.0 Å². The molecule has 1 aliphatic heterocycles. The van der Waals surface area contributed by atoms with Crippen LogP contribution in [0.25, 0.3) is 10.9 Å². The van der Waals surface area contributed by atoms with Crippen LogP contribution in [0.1, 0.15) is 67.9 Å². The number of hydrogen-bond acceptors (Lipinski definition) is 6. The van der Waals surface area contributed by atoms with Crippen molar-refractivity contribution >= 4 is 34.7 Å². The van der Waals surface area contributed by atoms with Crippen molar-refractivity contribution in [3.8, 4) is 5.75 Å². The van der Waals surface area contributed by atoms with Crippen LogP contribution >= 0.6 is 0 Å². The molecule has 17 heteroatoms. The maximum absolute atomic E-state index is 15.2. The van der Waals surface area contributed by atoms with E-state index in [4.69, 9.17) is 9.84 Å². The fourth-order valence-corrected chi connectivity index (χ4v) is 6.44. The number of nitrogens with one attached hydrogen (secondary N) is 3. The molecular formula is C36H44F5N5O7. The number of carbonyl (C=O) groups is 4. The molecule has 2 atom stereocenters. The number of methoxy groups -OCH3 is 1. The smallest absolute Gasteiger partial charge is 0.465 e. The molecule has 3 aromatic rings. The van der Waals surface area contributed by atoms with Crippen LogP contribution < -0.4 is 20.7 Å². The summed E-state index contributed by atoms with van der Waals surface area (Å²) in [6.45, 7) is 7.18. The normalized spacial score (nSPS) is 15.1. The number of likely N-dealkylation sites (tertiary alicyclic amines) is 1. The number of nitrogens with zero attached hydrogens (tertiary/aromatic N) is 2. The van der Waals surface area contributed by atoms with Crippen molar-refractivity contribution in [2.45, 2.75) is 78.0 Å². The van der Waals surface area contributed by atoms with Crippen molar-refractivity contribution in [1.82, 2.24) is 25.4 Å². The average molecular weight is 754 g/mol. The van der Waals surface area contributed by atoms with Crippen LogP contribution in [0.2, 0.25) is 0 Å². The van der Waals surface area contributed by atoms with Gasteiger partial charge in [-0.25, -0.2) is 13.6 Å². The van der Waals surface area contributed by atoms with Gasteiger partial charge in [0.1, 0.15) is 29.5 Å². The van der Waals surface area contributed by atoms with Gasteiger partial charge in [0.15, 0.2) is 0 Å². The molecule has 4 amide bonds. The molecule has 2 heterocycles. The second kappa shape index (κ2) is 17.3. The van der Waals surface area contributed by atoms with E-state index in [9.17, 15) is 32.3 Å². The SMILES string of the molecule is COCCn1cc(C(=O)N2CCC(c3cc(CNC(=O)[C@@H](NC(=O)[C@@H](NC(=O)O)C(C)C)C(C)C)ccc3F)CC2)c2c(OC(F)(F)F)ccc(F)c21. The molecule has 1 aliphatic rings. The van der Waals surface area contributed by atoms with E-state index in [0.717, 1.165) is 12.1 Å². The van der Waals surface area contributed by atoms with Gasteiger partial charge in [-0.2, -0.15) is 0 Å². The number of alkyl halides is 3. The van der Waals surface area contributed by atoms with Gasteiger partial charge in [-0.1, -0.05) is 39.8 Å². The quantitative estimate of drug-likeness (QED) is 0.158. The summed E-state index contributed by atoms with van der Waals surface area (Å²) in [7, 11) is 1.41. The lowest BCUT2D eigenvalue weighted by atomic mass is 9.88. The zero-order chi connectivity index (χ0) is 39.2. The first-order valence-corrected chi connectivity index (χ1v) is 17.1. The number of fused-ring (bicyclic) bond motifs is 1. The number of piperidine rings is 1. The van der Waals surface area contributed by atoms with E-state index in [0.29, 0.717) is 24.0 Å². The molecule has 0 bridgehead atoms. The Bertz CT molecular complexity index is 1800. The molecule has 0 radical (unpaired) electrons. The van der Waals surface area contributed by atoms with Gasteiger partial charge in [0.25, 0.3) is 5.91 Å². The highest BCUT2D eigenvalue weighted by atomic mass is 19.4. The molecule has 1 fully saturated rings. The van der Waals surface area contributed by atoms with Crippen LogP contribution in [0.3, 0.4) is 0 Å². The number of benzene rings is 2. The van der Waals surface area contributed by atoms with Gasteiger partial charge in [0, 0.05) is 39.5 Å². The molecule has 12 nitrogen and oxygen atoms in total. The minimum absolute atomic E-state index is 0.00442. The number of carbonyl (C=O) groups excluding carboxylic acids is 3. The third kappa shape index (κ3) is 10.1. The first-order chi connectivity index (χ1) is 24.9. The zero-order valence-electron chi connectivity index (χ0n) is 30.0. The van der Waals surface area contributed by atoms with Gasteiger partial charge in [0.2, 0.25) is 11.8 Å². The van der Waals surface area contributed by atoms with Gasteiger partial charge in [-0.05, 0) is 59.9 Å². The van der Waals surface area contributed by atoms with E-state index < -0.39 is 59.6 Å². The number of hydrogen-bond donors (Lipinski definition) is 4. The Balaban J connectivity index is 1.46. The number of halogens is 5. The van der Waals surface area contributed by atoms with Crippen molar-refractivity contribution in [3.05, 3.63) is 64.9 Å². The van der Waals surface area contributed by atoms with Crippen molar-refractivity contribution in [3.63, 3.8) is 0 Å². The highest BCUT2D eigenvalue weighted by Crippen LogP contribution is 2.38. The Kier molecular flexibility index (Phi) is 13.3. The van der Waals surface area contributed by atoms with E-state index in [2.05, 4.69) is 20.7 Å². The number of ether oxygens (including phenoxy) is 2. The Morgan fingerprint density at radius 2 is 1.55 bits per heavy atom. The molecule has 290 valence electrons. The maximum Gasteiger partial charge on any atom is 0.573 e. The predicted octanol–water partition coefficient (Wildman–Crippen LogP) is 5.53. The molecule has 0 saturated carbocycles. The third-order valence-electron chi connectivity index (χ3n) is 9.15. The van der Waals surface area contributed by atoms with Crippen molar-refractivity contribution < 1.29 is 55.7 Å². The van der Waals surface area contributed by atoms with Gasteiger partial charge >= 0.3 is 12.5 Å². The van der Waals surface area contributed by atoms with Gasteiger partial charge in [-0.15, -0.1) is 13.2 Å². The van der Waals surface area contributed by atoms with E-state index in [1.165, 1.54) is 34.9 Å². The molecule has 1 aromatic heterocycles. The molecular weight excluding hydrogens is 709 g/mol. The fourth-order valence-electron chi connectivity index (χ4n) is 6.44.